The number of aromatic nitrogens is 5. The van der Waals surface area contributed by atoms with Crippen LogP contribution in [0.2, 0.25) is 5.02 Å². The minimum atomic E-state index is -4.80. The van der Waals surface area contributed by atoms with E-state index in [0.29, 0.717) is 12.7 Å². The van der Waals surface area contributed by atoms with Crippen LogP contribution in [0.25, 0.3) is 10.9 Å². The molecule has 0 fully saturated rings. The summed E-state index contributed by atoms with van der Waals surface area (Å²) in [5, 5.41) is 6.83. The molecular formula is C21H17ClF3N5O3S. The molecule has 2 aromatic heterocycles. The normalized spacial score (nSPS) is 12.8. The number of halogens is 4. The third-order valence-electron chi connectivity index (χ3n) is 4.89. The van der Waals surface area contributed by atoms with Crippen molar-refractivity contribution in [3.63, 3.8) is 0 Å². The van der Waals surface area contributed by atoms with Crippen molar-refractivity contribution < 1.29 is 17.9 Å². The number of nitrogens with one attached hydrogen (secondary N) is 2. The molecule has 178 valence electrons. The van der Waals surface area contributed by atoms with Crippen molar-refractivity contribution in [2.75, 3.05) is 12.4 Å². The van der Waals surface area contributed by atoms with Crippen LogP contribution in [0, 0.1) is 0 Å². The molecule has 0 aliphatic carbocycles. The molecule has 4 rings (SSSR count). The monoisotopic (exact) mass is 511 g/mol. The van der Waals surface area contributed by atoms with Gasteiger partial charge < -0.3 is 9.72 Å². The predicted octanol–water partition coefficient (Wildman–Crippen LogP) is 4.03. The number of ether oxygens (including phenoxy) is 1. The number of rotatable bonds is 8. The zero-order valence-electron chi connectivity index (χ0n) is 17.3. The van der Waals surface area contributed by atoms with Crippen molar-refractivity contribution in [2.45, 2.75) is 23.7 Å². The summed E-state index contributed by atoms with van der Waals surface area (Å²) in [5.74, 6) is 0.170. The molecule has 0 spiro atoms. The fraction of sp³-hybridized carbons (Fsp3) is 0.238. The average molecular weight is 512 g/mol. The van der Waals surface area contributed by atoms with Gasteiger partial charge in [-0.2, -0.15) is 13.2 Å². The molecule has 2 heterocycles. The Labute approximate surface area is 199 Å². The summed E-state index contributed by atoms with van der Waals surface area (Å²) in [6.45, 7) is 0.503. The van der Waals surface area contributed by atoms with E-state index in [2.05, 4.69) is 15.3 Å². The predicted molar refractivity (Wildman–Crippen MR) is 121 cm³/mol. The number of H-pyrrole nitrogens is 2. The van der Waals surface area contributed by atoms with Crippen LogP contribution in [0.4, 0.5) is 13.2 Å². The van der Waals surface area contributed by atoms with Crippen molar-refractivity contribution in [3.05, 3.63) is 85.8 Å². The Bertz CT molecular complexity index is 1390. The van der Waals surface area contributed by atoms with Crippen molar-refractivity contribution in [2.24, 2.45) is 0 Å². The van der Waals surface area contributed by atoms with Crippen molar-refractivity contribution in [3.8, 4) is 0 Å². The number of benzene rings is 2. The van der Waals surface area contributed by atoms with Gasteiger partial charge in [0.05, 0.1) is 51.8 Å². The van der Waals surface area contributed by atoms with Gasteiger partial charge in [-0.1, -0.05) is 47.1 Å². The number of nitrogens with zero attached hydrogens (tertiary/aromatic N) is 3. The summed E-state index contributed by atoms with van der Waals surface area (Å²) in [4.78, 5) is 28.3. The zero-order valence-corrected chi connectivity index (χ0v) is 18.9. The van der Waals surface area contributed by atoms with Gasteiger partial charge in [-0.05, 0) is 11.6 Å². The topological polar surface area (TPSA) is 106 Å². The van der Waals surface area contributed by atoms with Gasteiger partial charge in [0, 0.05) is 11.9 Å². The second-order valence-corrected chi connectivity index (χ2v) is 8.65. The van der Waals surface area contributed by atoms with Crippen LogP contribution in [0.5, 0.6) is 0 Å². The maximum atomic E-state index is 13.6. The molecule has 0 saturated carbocycles. The number of alkyl halides is 3. The molecule has 0 unspecified atom stereocenters. The highest BCUT2D eigenvalue weighted by Gasteiger charge is 2.36. The summed E-state index contributed by atoms with van der Waals surface area (Å²) < 4.78 is 48.1. The van der Waals surface area contributed by atoms with Crippen LogP contribution in [0.3, 0.4) is 0 Å². The Kier molecular flexibility index (Phi) is 7.10. The number of thioether (sulfide) groups is 1. The van der Waals surface area contributed by atoms with Gasteiger partial charge in [0.25, 0.3) is 5.56 Å². The number of fused-ring (bicyclic) bond motifs is 1. The smallest absolute Gasteiger partial charge is 0.375 e. The molecular weight excluding hydrogens is 495 g/mol. The lowest BCUT2D eigenvalue weighted by Gasteiger charge is -2.19. The molecule has 4 aromatic rings. The van der Waals surface area contributed by atoms with E-state index in [0.717, 1.165) is 17.3 Å². The summed E-state index contributed by atoms with van der Waals surface area (Å²) >= 11 is 7.08. The van der Waals surface area contributed by atoms with Crippen LogP contribution in [0.1, 0.15) is 17.2 Å². The van der Waals surface area contributed by atoms with E-state index < -0.39 is 34.1 Å². The van der Waals surface area contributed by atoms with E-state index in [-0.39, 0.29) is 28.2 Å². The van der Waals surface area contributed by atoms with Gasteiger partial charge in [0.2, 0.25) is 0 Å². The average Bonchev–Trinajstić information content (AvgIpc) is 3.31. The van der Waals surface area contributed by atoms with Gasteiger partial charge in [-0.3, -0.25) is 9.78 Å². The Morgan fingerprint density at radius 1 is 1.18 bits per heavy atom. The highest BCUT2D eigenvalue weighted by Crippen LogP contribution is 2.43. The molecule has 8 nitrogen and oxygen atoms in total. The summed E-state index contributed by atoms with van der Waals surface area (Å²) in [7, 11) is 0. The number of aromatic amines is 2. The fourth-order valence-corrected chi connectivity index (χ4v) is 4.84. The van der Waals surface area contributed by atoms with Gasteiger partial charge in [-0.25, -0.2) is 9.48 Å². The lowest BCUT2D eigenvalue weighted by molar-refractivity contribution is -0.137. The summed E-state index contributed by atoms with van der Waals surface area (Å²) in [6.07, 6.45) is -1.72. The Morgan fingerprint density at radius 3 is 2.62 bits per heavy atom. The fourth-order valence-electron chi connectivity index (χ4n) is 3.27. The molecule has 0 aliphatic heterocycles. The standard InChI is InChI=1S/C21H17ClF3N5O3S/c22-16-15(21(23,24)25)8-14-17(27-20(32)28-19(14)31)18(16)34-11-13(30-7-6-26-29-30)10-33-9-12-4-2-1-3-5-12/h1-8,13H,9-11H2,(H2,27,28,31,32)/t13-/m0/s1. The van der Waals surface area contributed by atoms with E-state index in [1.165, 1.54) is 10.9 Å². The van der Waals surface area contributed by atoms with E-state index in [9.17, 15) is 22.8 Å². The molecule has 0 amide bonds. The third kappa shape index (κ3) is 5.34. The van der Waals surface area contributed by atoms with Crippen LogP contribution < -0.4 is 11.2 Å². The highest BCUT2D eigenvalue weighted by atomic mass is 35.5. The van der Waals surface area contributed by atoms with Crippen molar-refractivity contribution in [1.82, 2.24) is 25.0 Å². The van der Waals surface area contributed by atoms with E-state index >= 15 is 0 Å². The minimum absolute atomic E-state index is 0.0668. The third-order valence-corrected chi connectivity index (χ3v) is 6.65. The minimum Gasteiger partial charge on any atom is -0.375 e. The molecule has 0 saturated heterocycles. The molecule has 2 aromatic carbocycles. The first-order chi connectivity index (χ1) is 16.2. The maximum Gasteiger partial charge on any atom is 0.417 e. The first-order valence-corrected chi connectivity index (χ1v) is 11.3. The highest BCUT2D eigenvalue weighted by molar-refractivity contribution is 7.99. The molecule has 0 bridgehead atoms. The number of hydrogen-bond acceptors (Lipinski definition) is 6. The lowest BCUT2D eigenvalue weighted by atomic mass is 10.1. The second kappa shape index (κ2) is 10.0. The van der Waals surface area contributed by atoms with Gasteiger partial charge in [-0.15, -0.1) is 16.9 Å². The van der Waals surface area contributed by atoms with Crippen LogP contribution in [-0.4, -0.2) is 37.3 Å². The first kappa shape index (κ1) is 24.0. The van der Waals surface area contributed by atoms with E-state index in [4.69, 9.17) is 16.3 Å². The van der Waals surface area contributed by atoms with Crippen LogP contribution in [-0.2, 0) is 17.5 Å². The Hall–Kier alpha value is -3.09. The summed E-state index contributed by atoms with van der Waals surface area (Å²) in [5.41, 5.74) is -2.08. The zero-order chi connectivity index (χ0) is 24.3. The lowest BCUT2D eigenvalue weighted by Crippen LogP contribution is -2.23. The van der Waals surface area contributed by atoms with Gasteiger partial charge >= 0.3 is 11.9 Å². The maximum absolute atomic E-state index is 13.6. The number of hydrogen-bond donors (Lipinski definition) is 2. The van der Waals surface area contributed by atoms with Crippen LogP contribution in [0.15, 0.2) is 63.3 Å². The Morgan fingerprint density at radius 2 is 1.94 bits per heavy atom. The van der Waals surface area contributed by atoms with E-state index in [1.54, 1.807) is 6.20 Å². The Balaban J connectivity index is 1.64. The quantitative estimate of drug-likeness (QED) is 0.346. The largest absolute Gasteiger partial charge is 0.417 e. The van der Waals surface area contributed by atoms with Crippen LogP contribution >= 0.6 is 23.4 Å². The van der Waals surface area contributed by atoms with Gasteiger partial charge in [0.15, 0.2) is 0 Å². The SMILES string of the molecule is O=c1[nH]c(=O)c2cc(C(F)(F)F)c(Cl)c(SC[C@H](COCc3ccccc3)n3ccnn3)c2[nH]1. The van der Waals surface area contributed by atoms with Crippen molar-refractivity contribution >= 4 is 34.3 Å². The molecule has 34 heavy (non-hydrogen) atoms. The molecule has 0 aliphatic rings. The molecule has 2 N–H and O–H groups in total. The van der Waals surface area contributed by atoms with E-state index in [1.807, 2.05) is 35.3 Å². The molecule has 0 radical (unpaired) electrons. The van der Waals surface area contributed by atoms with Gasteiger partial charge in [0.1, 0.15) is 0 Å². The molecule has 1 atom stereocenters. The van der Waals surface area contributed by atoms with Crippen molar-refractivity contribution in [1.29, 1.82) is 0 Å². The summed E-state index contributed by atoms with van der Waals surface area (Å²) in [6, 6.07) is 9.67. The second-order valence-electron chi connectivity index (χ2n) is 7.24. The first-order valence-electron chi connectivity index (χ1n) is 9.90. The molecule has 13 heteroatoms.